The van der Waals surface area contributed by atoms with Gasteiger partial charge >= 0.3 is 5.97 Å². The highest BCUT2D eigenvalue weighted by molar-refractivity contribution is 7.80. The minimum Gasteiger partial charge on any atom is -0.466 e. The SMILES string of the molecule is CCC1=C(C(=O)OC)[C@@H](c2ccc(F)cc2F)NC(=S)N1c1ccc(F)cc1. The summed E-state index contributed by atoms with van der Waals surface area (Å²) in [6.45, 7) is 1.81. The molecule has 1 heterocycles. The third-order valence-corrected chi connectivity index (χ3v) is 4.74. The average molecular weight is 406 g/mol. The van der Waals surface area contributed by atoms with Crippen LogP contribution >= 0.6 is 12.2 Å². The van der Waals surface area contributed by atoms with Crippen LogP contribution < -0.4 is 10.2 Å². The summed E-state index contributed by atoms with van der Waals surface area (Å²) in [5.41, 5.74) is 1.23. The molecule has 146 valence electrons. The van der Waals surface area contributed by atoms with Crippen molar-refractivity contribution in [1.82, 2.24) is 5.32 Å². The number of esters is 1. The normalized spacial score (nSPS) is 16.8. The molecular formula is C20H17F3N2O2S. The van der Waals surface area contributed by atoms with E-state index < -0.39 is 29.5 Å². The van der Waals surface area contributed by atoms with Crippen LogP contribution in [0.5, 0.6) is 0 Å². The number of rotatable bonds is 4. The van der Waals surface area contributed by atoms with Gasteiger partial charge in [0.15, 0.2) is 5.11 Å². The van der Waals surface area contributed by atoms with Gasteiger partial charge in [-0.2, -0.15) is 0 Å². The molecule has 0 radical (unpaired) electrons. The lowest BCUT2D eigenvalue weighted by Crippen LogP contribution is -2.48. The van der Waals surface area contributed by atoms with Gasteiger partial charge in [0.1, 0.15) is 17.5 Å². The standard InChI is InChI=1S/C20H17F3N2O2S/c1-3-16-17(19(26)27-2)18(14-9-6-12(22)10-15(14)23)24-20(28)25(16)13-7-4-11(21)5-8-13/h4-10,18H,3H2,1-2H3,(H,24,28)/t18-/m1/s1. The number of ether oxygens (including phenoxy) is 1. The first-order valence-electron chi connectivity index (χ1n) is 8.49. The predicted molar refractivity (Wildman–Crippen MR) is 103 cm³/mol. The van der Waals surface area contributed by atoms with Crippen molar-refractivity contribution in [2.45, 2.75) is 19.4 Å². The van der Waals surface area contributed by atoms with E-state index in [1.165, 1.54) is 37.4 Å². The van der Waals surface area contributed by atoms with Crippen molar-refractivity contribution in [3.05, 3.63) is 76.7 Å². The lowest BCUT2D eigenvalue weighted by Gasteiger charge is -2.38. The molecule has 1 aliphatic heterocycles. The van der Waals surface area contributed by atoms with Gasteiger partial charge in [0.05, 0.1) is 18.7 Å². The molecule has 0 saturated heterocycles. The molecule has 0 fully saturated rings. The fraction of sp³-hybridized carbons (Fsp3) is 0.200. The second-order valence-corrected chi connectivity index (χ2v) is 6.45. The molecule has 0 unspecified atom stereocenters. The molecule has 0 saturated carbocycles. The van der Waals surface area contributed by atoms with Crippen LogP contribution in [0.25, 0.3) is 0 Å². The summed E-state index contributed by atoms with van der Waals surface area (Å²) in [4.78, 5) is 14.2. The van der Waals surface area contributed by atoms with E-state index in [4.69, 9.17) is 17.0 Å². The van der Waals surface area contributed by atoms with Crippen molar-refractivity contribution in [2.75, 3.05) is 12.0 Å². The zero-order valence-electron chi connectivity index (χ0n) is 15.1. The number of nitrogens with one attached hydrogen (secondary N) is 1. The maximum absolute atomic E-state index is 14.4. The summed E-state index contributed by atoms with van der Waals surface area (Å²) in [5.74, 6) is -2.63. The minimum absolute atomic E-state index is 0.0638. The van der Waals surface area contributed by atoms with Crippen LogP contribution in [0, 0.1) is 17.5 Å². The van der Waals surface area contributed by atoms with Gasteiger partial charge in [-0.25, -0.2) is 18.0 Å². The number of halogens is 3. The van der Waals surface area contributed by atoms with Gasteiger partial charge in [-0.15, -0.1) is 0 Å². The van der Waals surface area contributed by atoms with Crippen molar-refractivity contribution in [3.63, 3.8) is 0 Å². The van der Waals surface area contributed by atoms with Gasteiger partial charge in [-0.05, 0) is 49.0 Å². The van der Waals surface area contributed by atoms with E-state index in [2.05, 4.69) is 5.32 Å². The summed E-state index contributed by atoms with van der Waals surface area (Å²) in [6.07, 6.45) is 0.364. The van der Waals surface area contributed by atoms with Crippen LogP contribution in [0.15, 0.2) is 53.7 Å². The van der Waals surface area contributed by atoms with Gasteiger partial charge in [0.25, 0.3) is 0 Å². The molecule has 0 spiro atoms. The summed E-state index contributed by atoms with van der Waals surface area (Å²) in [7, 11) is 1.22. The molecule has 0 aromatic heterocycles. The van der Waals surface area contributed by atoms with Gasteiger partial charge in [0.2, 0.25) is 0 Å². The zero-order chi connectivity index (χ0) is 20.4. The quantitative estimate of drug-likeness (QED) is 0.603. The molecule has 1 N–H and O–H groups in total. The Morgan fingerprint density at radius 3 is 2.36 bits per heavy atom. The van der Waals surface area contributed by atoms with Crippen LogP contribution in [-0.4, -0.2) is 18.2 Å². The highest BCUT2D eigenvalue weighted by atomic mass is 32.1. The summed E-state index contributed by atoms with van der Waals surface area (Å²) >= 11 is 5.45. The molecule has 0 amide bonds. The summed E-state index contributed by atoms with van der Waals surface area (Å²) < 4.78 is 46.0. The van der Waals surface area contributed by atoms with Crippen LogP contribution in [-0.2, 0) is 9.53 Å². The molecular weight excluding hydrogens is 389 g/mol. The number of hydrogen-bond acceptors (Lipinski definition) is 3. The minimum atomic E-state index is -0.952. The monoisotopic (exact) mass is 406 g/mol. The third kappa shape index (κ3) is 3.60. The van der Waals surface area contributed by atoms with Crippen LogP contribution in [0.4, 0.5) is 18.9 Å². The van der Waals surface area contributed by atoms with Crippen LogP contribution in [0.2, 0.25) is 0 Å². The number of carbonyl (C=O) groups excluding carboxylic acids is 1. The number of thiocarbonyl (C=S) groups is 1. The lowest BCUT2D eigenvalue weighted by atomic mass is 9.93. The van der Waals surface area contributed by atoms with E-state index in [0.717, 1.165) is 12.1 Å². The molecule has 0 bridgehead atoms. The van der Waals surface area contributed by atoms with Crippen molar-refractivity contribution >= 4 is 29.0 Å². The van der Waals surface area contributed by atoms with E-state index in [1.54, 1.807) is 11.8 Å². The predicted octanol–water partition coefficient (Wildman–Crippen LogP) is 4.38. The zero-order valence-corrected chi connectivity index (χ0v) is 15.9. The fourth-order valence-corrected chi connectivity index (χ4v) is 3.53. The molecule has 2 aromatic carbocycles. The summed E-state index contributed by atoms with van der Waals surface area (Å²) in [5, 5.41) is 3.13. The van der Waals surface area contributed by atoms with Crippen molar-refractivity contribution in [2.24, 2.45) is 0 Å². The molecule has 4 nitrogen and oxygen atoms in total. The van der Waals surface area contributed by atoms with Gasteiger partial charge in [-0.1, -0.05) is 13.0 Å². The van der Waals surface area contributed by atoms with E-state index in [0.29, 0.717) is 17.8 Å². The maximum Gasteiger partial charge on any atom is 0.338 e. The first-order chi connectivity index (χ1) is 13.4. The molecule has 8 heteroatoms. The third-order valence-electron chi connectivity index (χ3n) is 4.44. The highest BCUT2D eigenvalue weighted by Crippen LogP contribution is 2.36. The van der Waals surface area contributed by atoms with Gasteiger partial charge < -0.3 is 10.1 Å². The number of methoxy groups -OCH3 is 1. The largest absolute Gasteiger partial charge is 0.466 e. The summed E-state index contributed by atoms with van der Waals surface area (Å²) in [6, 6.07) is 7.74. The Kier molecular flexibility index (Phi) is 5.69. The number of hydrogen-bond donors (Lipinski definition) is 1. The Balaban J connectivity index is 2.20. The van der Waals surface area contributed by atoms with Crippen LogP contribution in [0.1, 0.15) is 24.9 Å². The van der Waals surface area contributed by atoms with Crippen molar-refractivity contribution in [1.29, 1.82) is 0 Å². The van der Waals surface area contributed by atoms with E-state index >= 15 is 0 Å². The second-order valence-electron chi connectivity index (χ2n) is 6.07. The fourth-order valence-electron chi connectivity index (χ4n) is 3.20. The lowest BCUT2D eigenvalue weighted by molar-refractivity contribution is -0.136. The topological polar surface area (TPSA) is 41.6 Å². The Bertz CT molecular complexity index is 960. The molecule has 3 rings (SSSR count). The molecule has 28 heavy (non-hydrogen) atoms. The first kappa shape index (κ1) is 19.9. The van der Waals surface area contributed by atoms with Crippen molar-refractivity contribution < 1.29 is 22.7 Å². The number of anilines is 1. The van der Waals surface area contributed by atoms with Crippen LogP contribution in [0.3, 0.4) is 0 Å². The van der Waals surface area contributed by atoms with E-state index in [-0.39, 0.29) is 16.2 Å². The van der Waals surface area contributed by atoms with Crippen molar-refractivity contribution in [3.8, 4) is 0 Å². The Morgan fingerprint density at radius 2 is 1.79 bits per heavy atom. The number of allylic oxidation sites excluding steroid dienone is 1. The molecule has 0 aliphatic carbocycles. The van der Waals surface area contributed by atoms with Gasteiger partial charge in [0, 0.05) is 23.0 Å². The Morgan fingerprint density at radius 1 is 1.14 bits per heavy atom. The Hall–Kier alpha value is -2.87. The molecule has 2 aromatic rings. The molecule has 1 aliphatic rings. The van der Waals surface area contributed by atoms with E-state index in [1.807, 2.05) is 0 Å². The average Bonchev–Trinajstić information content (AvgIpc) is 2.67. The number of benzene rings is 2. The maximum atomic E-state index is 14.4. The number of carbonyl (C=O) groups is 1. The Labute approximate surface area is 165 Å². The number of nitrogens with zero attached hydrogens (tertiary/aromatic N) is 1. The molecule has 1 atom stereocenters. The smallest absolute Gasteiger partial charge is 0.338 e. The second kappa shape index (κ2) is 8.02. The van der Waals surface area contributed by atoms with E-state index in [9.17, 15) is 18.0 Å². The first-order valence-corrected chi connectivity index (χ1v) is 8.90. The van der Waals surface area contributed by atoms with Gasteiger partial charge in [-0.3, -0.25) is 4.90 Å². The highest BCUT2D eigenvalue weighted by Gasteiger charge is 2.37.